The van der Waals surface area contributed by atoms with Gasteiger partial charge in [0.2, 0.25) is 0 Å². The van der Waals surface area contributed by atoms with Crippen molar-refractivity contribution in [3.05, 3.63) is 68.7 Å². The van der Waals surface area contributed by atoms with Crippen molar-refractivity contribution in [2.45, 2.75) is 6.92 Å². The number of aromatic nitrogens is 1. The quantitative estimate of drug-likeness (QED) is 0.247. The predicted molar refractivity (Wildman–Crippen MR) is 138 cm³/mol. The summed E-state index contributed by atoms with van der Waals surface area (Å²) in [5.41, 5.74) is 2.34. The molecule has 0 unspecified atom stereocenters. The average molecular weight is 523 g/mol. The van der Waals surface area contributed by atoms with Crippen molar-refractivity contribution in [3.8, 4) is 0 Å². The van der Waals surface area contributed by atoms with Crippen LogP contribution in [0.1, 0.15) is 11.1 Å². The summed E-state index contributed by atoms with van der Waals surface area (Å²) in [5.74, 6) is -0.238. The molecule has 34 heavy (non-hydrogen) atoms. The second kappa shape index (κ2) is 11.7. The summed E-state index contributed by atoms with van der Waals surface area (Å²) in [6, 6.07) is 9.88. The van der Waals surface area contributed by atoms with Crippen molar-refractivity contribution in [1.82, 2.24) is 9.88 Å². The third-order valence-electron chi connectivity index (χ3n) is 5.38. The van der Waals surface area contributed by atoms with Crippen LogP contribution in [0.5, 0.6) is 0 Å². The summed E-state index contributed by atoms with van der Waals surface area (Å²) in [7, 11) is 0. The Balaban J connectivity index is 0.00000324. The Hall–Kier alpha value is -2.56. The zero-order valence-corrected chi connectivity index (χ0v) is 20.9. The molecule has 0 atom stereocenters. The van der Waals surface area contributed by atoms with Gasteiger partial charge >= 0.3 is 0 Å². The predicted octanol–water partition coefficient (Wildman–Crippen LogP) is 4.97. The topological polar surface area (TPSA) is 88.8 Å². The zero-order valence-electron chi connectivity index (χ0n) is 18.5. The van der Waals surface area contributed by atoms with Crippen LogP contribution in [0.2, 0.25) is 5.02 Å². The van der Waals surface area contributed by atoms with E-state index in [2.05, 4.69) is 4.90 Å². The van der Waals surface area contributed by atoms with E-state index >= 15 is 0 Å². The van der Waals surface area contributed by atoms with Crippen molar-refractivity contribution in [1.29, 1.82) is 0 Å². The molecule has 8 nitrogen and oxygen atoms in total. The van der Waals surface area contributed by atoms with E-state index in [1.807, 2.05) is 19.1 Å². The van der Waals surface area contributed by atoms with Gasteiger partial charge in [-0.3, -0.25) is 24.7 Å². The van der Waals surface area contributed by atoms with Gasteiger partial charge in [-0.1, -0.05) is 35.1 Å². The number of amides is 1. The molecular weight excluding hydrogens is 499 g/mol. The van der Waals surface area contributed by atoms with Gasteiger partial charge in [-0.25, -0.2) is 4.98 Å². The number of rotatable bonds is 7. The molecule has 0 spiro atoms. The molecule has 0 aliphatic carbocycles. The lowest BCUT2D eigenvalue weighted by molar-refractivity contribution is -0.384. The molecular formula is C23H24Cl2N4O4S. The summed E-state index contributed by atoms with van der Waals surface area (Å²) in [4.78, 5) is 32.5. The van der Waals surface area contributed by atoms with Crippen LogP contribution < -0.4 is 4.90 Å². The Labute approximate surface area is 212 Å². The highest BCUT2D eigenvalue weighted by molar-refractivity contribution is 7.22. The number of non-ortho nitro benzene ring substituents is 1. The van der Waals surface area contributed by atoms with Crippen molar-refractivity contribution < 1.29 is 14.5 Å². The number of fused-ring (bicyclic) bond motifs is 1. The minimum absolute atomic E-state index is 0. The minimum Gasteiger partial charge on any atom is -0.379 e. The number of morpholine rings is 1. The number of hydrogen-bond donors (Lipinski definition) is 0. The SMILES string of the molecule is Cc1cc(Cl)cc2sc(N(CCN3CCOCC3)C(=O)C=Cc3cccc([N+](=O)[O-])c3)nc12.Cl. The summed E-state index contributed by atoms with van der Waals surface area (Å²) in [5, 5.41) is 12.3. The average Bonchev–Trinajstić information content (AvgIpc) is 3.22. The van der Waals surface area contributed by atoms with Crippen molar-refractivity contribution in [2.75, 3.05) is 44.3 Å². The normalized spacial score (nSPS) is 14.3. The Morgan fingerprint density at radius 3 is 2.82 bits per heavy atom. The number of ether oxygens (including phenoxy) is 1. The highest BCUT2D eigenvalue weighted by atomic mass is 35.5. The third-order valence-corrected chi connectivity index (χ3v) is 6.62. The van der Waals surface area contributed by atoms with E-state index in [1.54, 1.807) is 23.1 Å². The number of nitro groups is 1. The molecule has 3 aromatic rings. The van der Waals surface area contributed by atoms with E-state index in [1.165, 1.54) is 29.5 Å². The van der Waals surface area contributed by atoms with E-state index in [4.69, 9.17) is 21.3 Å². The highest BCUT2D eigenvalue weighted by Gasteiger charge is 2.21. The number of nitro benzene ring substituents is 1. The zero-order chi connectivity index (χ0) is 23.4. The summed E-state index contributed by atoms with van der Waals surface area (Å²) in [6.45, 7) is 6.10. The van der Waals surface area contributed by atoms with E-state index in [9.17, 15) is 14.9 Å². The smallest absolute Gasteiger partial charge is 0.270 e. The third kappa shape index (κ3) is 6.31. The molecule has 2 aromatic carbocycles. The Morgan fingerprint density at radius 2 is 2.09 bits per heavy atom. The first-order chi connectivity index (χ1) is 15.9. The van der Waals surface area contributed by atoms with Crippen molar-refractivity contribution in [2.24, 2.45) is 0 Å². The monoisotopic (exact) mass is 522 g/mol. The first-order valence-corrected chi connectivity index (χ1v) is 11.7. The number of carbonyl (C=O) groups excluding carboxylic acids is 1. The molecule has 1 fully saturated rings. The lowest BCUT2D eigenvalue weighted by Gasteiger charge is -2.28. The maximum absolute atomic E-state index is 13.2. The molecule has 0 radical (unpaired) electrons. The molecule has 0 bridgehead atoms. The molecule has 1 aliphatic heterocycles. The van der Waals surface area contributed by atoms with Crippen LogP contribution in [-0.4, -0.2) is 60.1 Å². The van der Waals surface area contributed by atoms with Gasteiger partial charge in [-0.15, -0.1) is 12.4 Å². The minimum atomic E-state index is -0.456. The summed E-state index contributed by atoms with van der Waals surface area (Å²) < 4.78 is 6.33. The van der Waals surface area contributed by atoms with E-state index in [0.29, 0.717) is 42.0 Å². The Bertz CT molecular complexity index is 1210. The Kier molecular flexibility index (Phi) is 8.98. The largest absolute Gasteiger partial charge is 0.379 e. The molecule has 2 heterocycles. The number of benzene rings is 2. The van der Waals surface area contributed by atoms with E-state index in [-0.39, 0.29) is 24.0 Å². The number of hydrogen-bond acceptors (Lipinski definition) is 7. The van der Waals surface area contributed by atoms with Crippen LogP contribution >= 0.6 is 35.3 Å². The standard InChI is InChI=1S/C23H23ClN4O4S.ClH/c1-16-13-18(24)15-20-22(16)25-23(33-20)27(8-7-26-9-11-32-12-10-26)21(29)6-5-17-3-2-4-19(14-17)28(30)31;/h2-6,13-15H,7-12H2,1H3;1H. The summed E-state index contributed by atoms with van der Waals surface area (Å²) >= 11 is 7.63. The Morgan fingerprint density at radius 1 is 1.32 bits per heavy atom. The fourth-order valence-electron chi connectivity index (χ4n) is 3.62. The van der Waals surface area contributed by atoms with Crippen LogP contribution in [0, 0.1) is 17.0 Å². The van der Waals surface area contributed by atoms with Gasteiger partial charge in [0, 0.05) is 49.4 Å². The van der Waals surface area contributed by atoms with Crippen LogP contribution in [0.25, 0.3) is 16.3 Å². The molecule has 1 amide bonds. The lowest BCUT2D eigenvalue weighted by atomic mass is 10.2. The molecule has 0 saturated carbocycles. The van der Waals surface area contributed by atoms with Gasteiger partial charge in [-0.2, -0.15) is 0 Å². The first-order valence-electron chi connectivity index (χ1n) is 10.5. The summed E-state index contributed by atoms with van der Waals surface area (Å²) in [6.07, 6.45) is 3.02. The second-order valence-electron chi connectivity index (χ2n) is 7.70. The van der Waals surface area contributed by atoms with Gasteiger partial charge in [0.1, 0.15) is 0 Å². The van der Waals surface area contributed by atoms with Crippen LogP contribution in [0.3, 0.4) is 0 Å². The van der Waals surface area contributed by atoms with Gasteiger partial charge < -0.3 is 4.74 Å². The van der Waals surface area contributed by atoms with E-state index < -0.39 is 4.92 Å². The van der Waals surface area contributed by atoms with Crippen LogP contribution in [-0.2, 0) is 9.53 Å². The molecule has 4 rings (SSSR count). The number of nitrogens with zero attached hydrogens (tertiary/aromatic N) is 4. The second-order valence-corrected chi connectivity index (χ2v) is 9.14. The molecule has 11 heteroatoms. The van der Waals surface area contributed by atoms with Crippen LogP contribution in [0.4, 0.5) is 10.8 Å². The van der Waals surface area contributed by atoms with Crippen LogP contribution in [0.15, 0.2) is 42.5 Å². The number of aryl methyl sites for hydroxylation is 1. The van der Waals surface area contributed by atoms with Gasteiger partial charge in [0.25, 0.3) is 11.6 Å². The molecule has 1 saturated heterocycles. The maximum Gasteiger partial charge on any atom is 0.270 e. The highest BCUT2D eigenvalue weighted by Crippen LogP contribution is 2.33. The number of carbonyl (C=O) groups is 1. The van der Waals surface area contributed by atoms with Crippen molar-refractivity contribution in [3.63, 3.8) is 0 Å². The molecule has 1 aromatic heterocycles. The van der Waals surface area contributed by atoms with Gasteiger partial charge in [0.15, 0.2) is 5.13 Å². The fourth-order valence-corrected chi connectivity index (χ4v) is 5.08. The molecule has 1 aliphatic rings. The number of anilines is 1. The van der Waals surface area contributed by atoms with Crippen molar-refractivity contribution >= 4 is 68.4 Å². The molecule has 0 N–H and O–H groups in total. The first kappa shape index (κ1) is 26.1. The molecule has 180 valence electrons. The van der Waals surface area contributed by atoms with Gasteiger partial charge in [-0.05, 0) is 36.3 Å². The fraction of sp³-hybridized carbons (Fsp3) is 0.304. The number of thiazole rings is 1. The van der Waals surface area contributed by atoms with E-state index in [0.717, 1.165) is 28.9 Å². The van der Waals surface area contributed by atoms with Gasteiger partial charge in [0.05, 0.1) is 28.4 Å². The number of halogens is 2. The maximum atomic E-state index is 13.2. The lowest BCUT2D eigenvalue weighted by Crippen LogP contribution is -2.42.